The lowest BCUT2D eigenvalue weighted by molar-refractivity contribution is -0.143. The minimum Gasteiger partial charge on any atom is -0.468 e. The first-order valence-corrected chi connectivity index (χ1v) is 12.4. The summed E-state index contributed by atoms with van der Waals surface area (Å²) >= 11 is 1.02. The third-order valence-corrected chi connectivity index (χ3v) is 7.05. The zero-order valence-electron chi connectivity index (χ0n) is 19.9. The molecule has 3 aromatic carbocycles. The summed E-state index contributed by atoms with van der Waals surface area (Å²) < 4.78 is 19.1. The fourth-order valence-electron chi connectivity index (χ4n) is 4.27. The fourth-order valence-corrected chi connectivity index (χ4v) is 4.80. The summed E-state index contributed by atoms with van der Waals surface area (Å²) in [6, 6.07) is 25.5. The number of esters is 1. The summed E-state index contributed by atoms with van der Waals surface area (Å²) in [5.41, 5.74) is 4.91. The topological polar surface area (TPSA) is 90.4 Å². The van der Waals surface area contributed by atoms with Gasteiger partial charge in [0.1, 0.15) is 11.8 Å². The second-order valence-corrected chi connectivity index (χ2v) is 9.30. The van der Waals surface area contributed by atoms with Crippen molar-refractivity contribution in [1.29, 1.82) is 0 Å². The van der Waals surface area contributed by atoms with Crippen LogP contribution in [0.15, 0.2) is 78.9 Å². The van der Waals surface area contributed by atoms with Crippen LogP contribution < -0.4 is 5.32 Å². The monoisotopic (exact) mass is 499 g/mol. The molecule has 0 unspecified atom stereocenters. The van der Waals surface area contributed by atoms with E-state index in [9.17, 15) is 9.59 Å². The van der Waals surface area contributed by atoms with Crippen molar-refractivity contribution < 1.29 is 19.1 Å². The summed E-state index contributed by atoms with van der Waals surface area (Å²) in [5.74, 6) is 0.194. The van der Waals surface area contributed by atoms with Crippen LogP contribution in [-0.4, -0.2) is 27.9 Å². The fraction of sp³-hybridized carbons (Fsp3) is 0.214. The first-order chi connectivity index (χ1) is 17.5. The molecule has 0 radical (unpaired) electrons. The van der Waals surface area contributed by atoms with E-state index in [0.29, 0.717) is 11.5 Å². The predicted molar refractivity (Wildman–Crippen MR) is 139 cm³/mol. The average Bonchev–Trinajstić information content (AvgIpc) is 3.61. The van der Waals surface area contributed by atoms with Gasteiger partial charge in [-0.25, -0.2) is 4.79 Å². The first-order valence-electron chi connectivity index (χ1n) is 11.6. The van der Waals surface area contributed by atoms with Crippen molar-refractivity contribution in [3.8, 4) is 22.4 Å². The van der Waals surface area contributed by atoms with Crippen LogP contribution in [0.4, 0.5) is 10.6 Å². The third kappa shape index (κ3) is 4.72. The molecule has 4 aromatic rings. The Labute approximate surface area is 213 Å². The van der Waals surface area contributed by atoms with Crippen LogP contribution in [0.5, 0.6) is 0 Å². The lowest BCUT2D eigenvalue weighted by Crippen LogP contribution is -2.21. The zero-order chi connectivity index (χ0) is 25.1. The molecule has 7 nitrogen and oxygen atoms in total. The van der Waals surface area contributed by atoms with Gasteiger partial charge in [0, 0.05) is 5.56 Å². The Kier molecular flexibility index (Phi) is 6.52. The maximum Gasteiger partial charge on any atom is 0.413 e. The van der Waals surface area contributed by atoms with Gasteiger partial charge >= 0.3 is 12.1 Å². The maximum atomic E-state index is 12.5. The minimum atomic E-state index is -0.586. The van der Waals surface area contributed by atoms with Crippen molar-refractivity contribution in [2.75, 3.05) is 12.4 Å². The molecule has 0 bridgehead atoms. The Morgan fingerprint density at radius 2 is 1.50 bits per heavy atom. The summed E-state index contributed by atoms with van der Waals surface area (Å²) in [6.07, 6.45) is 0.668. The Morgan fingerprint density at radius 1 is 0.889 bits per heavy atom. The largest absolute Gasteiger partial charge is 0.468 e. The lowest BCUT2D eigenvalue weighted by atomic mass is 9.93. The Balaban J connectivity index is 1.27. The first kappa shape index (κ1) is 23.7. The van der Waals surface area contributed by atoms with E-state index in [1.807, 2.05) is 85.8 Å². The van der Waals surface area contributed by atoms with Gasteiger partial charge in [-0.2, -0.15) is 8.75 Å². The van der Waals surface area contributed by atoms with Crippen molar-refractivity contribution in [1.82, 2.24) is 8.75 Å². The van der Waals surface area contributed by atoms with Gasteiger partial charge in [0.25, 0.3) is 0 Å². The quantitative estimate of drug-likeness (QED) is 0.297. The number of anilines is 1. The van der Waals surface area contributed by atoms with E-state index in [4.69, 9.17) is 9.47 Å². The van der Waals surface area contributed by atoms with Crippen LogP contribution in [0.25, 0.3) is 22.4 Å². The molecule has 1 N–H and O–H groups in total. The number of carbonyl (C=O) groups excluding carboxylic acids is 2. The highest BCUT2D eigenvalue weighted by Gasteiger charge is 2.52. The van der Waals surface area contributed by atoms with Gasteiger partial charge in [-0.1, -0.05) is 78.9 Å². The molecule has 1 amide bonds. The van der Waals surface area contributed by atoms with Crippen LogP contribution in [0, 0.1) is 0 Å². The van der Waals surface area contributed by atoms with Gasteiger partial charge in [-0.15, -0.1) is 0 Å². The lowest BCUT2D eigenvalue weighted by Gasteiger charge is -2.14. The highest BCUT2D eigenvalue weighted by Crippen LogP contribution is 2.49. The molecule has 1 fully saturated rings. The van der Waals surface area contributed by atoms with Gasteiger partial charge in [-0.05, 0) is 42.0 Å². The molecule has 1 atom stereocenters. The molecule has 0 spiro atoms. The van der Waals surface area contributed by atoms with Crippen molar-refractivity contribution in [3.63, 3.8) is 0 Å². The van der Waals surface area contributed by atoms with Gasteiger partial charge in [0.05, 0.1) is 24.3 Å². The van der Waals surface area contributed by atoms with Crippen LogP contribution in [0.3, 0.4) is 0 Å². The van der Waals surface area contributed by atoms with Crippen molar-refractivity contribution in [2.24, 2.45) is 0 Å². The number of hydrogen-bond donors (Lipinski definition) is 1. The van der Waals surface area contributed by atoms with E-state index < -0.39 is 17.6 Å². The Morgan fingerprint density at radius 3 is 2.11 bits per heavy atom. The summed E-state index contributed by atoms with van der Waals surface area (Å²) in [4.78, 5) is 24.6. The van der Waals surface area contributed by atoms with Gasteiger partial charge in [-0.3, -0.25) is 10.1 Å². The summed E-state index contributed by atoms with van der Waals surface area (Å²) in [5, 5.41) is 2.71. The summed E-state index contributed by atoms with van der Waals surface area (Å²) in [6.45, 7) is 1.82. The van der Waals surface area contributed by atoms with E-state index in [1.165, 1.54) is 7.11 Å². The number of benzene rings is 3. The maximum absolute atomic E-state index is 12.5. The molecule has 36 heavy (non-hydrogen) atoms. The standard InChI is InChI=1S/C28H25N3O4S/c1-18(19-6-4-3-5-7-19)35-27(33)29-25-24(30-36-31-25)22-10-8-20(9-11-22)21-12-14-23(15-13-21)28(16-17-28)26(32)34-2/h3-15,18H,16-17H2,1-2H3,(H,29,31,33)/t18-/m1/s1. The van der Waals surface area contributed by atoms with Crippen LogP contribution in [0.2, 0.25) is 0 Å². The molecule has 1 heterocycles. The molecule has 182 valence electrons. The van der Waals surface area contributed by atoms with Crippen molar-refractivity contribution >= 4 is 29.6 Å². The van der Waals surface area contributed by atoms with E-state index >= 15 is 0 Å². The molecule has 0 aliphatic heterocycles. The average molecular weight is 500 g/mol. The number of nitrogens with one attached hydrogen (secondary N) is 1. The number of aromatic nitrogens is 2. The van der Waals surface area contributed by atoms with Gasteiger partial charge in [0.2, 0.25) is 0 Å². The Hall–Kier alpha value is -4.04. The molecule has 1 saturated carbocycles. The van der Waals surface area contributed by atoms with Crippen molar-refractivity contribution in [2.45, 2.75) is 31.3 Å². The van der Waals surface area contributed by atoms with Crippen LogP contribution in [-0.2, 0) is 19.7 Å². The second-order valence-electron chi connectivity index (χ2n) is 8.77. The number of nitrogens with zero attached hydrogens (tertiary/aromatic N) is 2. The van der Waals surface area contributed by atoms with Crippen molar-refractivity contribution in [3.05, 3.63) is 90.0 Å². The molecular weight excluding hydrogens is 474 g/mol. The Bertz CT molecular complexity index is 1360. The van der Waals surface area contributed by atoms with Gasteiger partial charge < -0.3 is 9.47 Å². The molecule has 1 aromatic heterocycles. The number of rotatable bonds is 7. The molecule has 5 rings (SSSR count). The van der Waals surface area contributed by atoms with Crippen LogP contribution >= 0.6 is 11.7 Å². The number of amides is 1. The SMILES string of the molecule is COC(=O)C1(c2ccc(-c3ccc(-c4nsnc4NC(=O)O[C@H](C)c4ccccc4)cc3)cc2)CC1. The highest BCUT2D eigenvalue weighted by atomic mass is 32.1. The normalized spacial score (nSPS) is 14.5. The van der Waals surface area contributed by atoms with E-state index in [0.717, 1.165) is 52.4 Å². The highest BCUT2D eigenvalue weighted by molar-refractivity contribution is 6.99. The minimum absolute atomic E-state index is 0.167. The molecule has 1 aliphatic rings. The number of hydrogen-bond acceptors (Lipinski definition) is 7. The molecule has 1 aliphatic carbocycles. The van der Waals surface area contributed by atoms with E-state index in [1.54, 1.807) is 0 Å². The van der Waals surface area contributed by atoms with E-state index in [2.05, 4.69) is 14.1 Å². The molecular formula is C28H25N3O4S. The smallest absolute Gasteiger partial charge is 0.413 e. The van der Waals surface area contributed by atoms with Gasteiger partial charge in [0.15, 0.2) is 5.82 Å². The molecule has 0 saturated heterocycles. The number of carbonyl (C=O) groups is 2. The van der Waals surface area contributed by atoms with Crippen LogP contribution in [0.1, 0.15) is 37.0 Å². The summed E-state index contributed by atoms with van der Waals surface area (Å²) in [7, 11) is 1.44. The number of methoxy groups -OCH3 is 1. The predicted octanol–water partition coefficient (Wildman–Crippen LogP) is 6.39. The number of ether oxygens (including phenoxy) is 2. The second kappa shape index (κ2) is 9.91. The molecule has 8 heteroatoms. The zero-order valence-corrected chi connectivity index (χ0v) is 20.7. The third-order valence-electron chi connectivity index (χ3n) is 6.52. The van der Waals surface area contributed by atoms with E-state index in [-0.39, 0.29) is 5.97 Å².